The first-order valence-corrected chi connectivity index (χ1v) is 13.3. The molecule has 1 N–H and O–H groups in total. The quantitative estimate of drug-likeness (QED) is 0.248. The van der Waals surface area contributed by atoms with E-state index in [1.807, 2.05) is 59.2 Å². The molecule has 0 fully saturated rings. The second-order valence-corrected chi connectivity index (χ2v) is 10.2. The predicted octanol–water partition coefficient (Wildman–Crippen LogP) is 5.97. The number of carbonyl (C=O) groups excluding carboxylic acids is 1. The van der Waals surface area contributed by atoms with Crippen LogP contribution in [-0.2, 0) is 12.3 Å². The molecule has 0 spiro atoms. The molecule has 0 saturated heterocycles. The number of benzene rings is 2. The van der Waals surface area contributed by atoms with Gasteiger partial charge in [-0.05, 0) is 42.3 Å². The van der Waals surface area contributed by atoms with Gasteiger partial charge in [-0.25, -0.2) is 4.98 Å². The van der Waals surface area contributed by atoms with Gasteiger partial charge in [-0.1, -0.05) is 59.8 Å². The maximum Gasteiger partial charge on any atom is 0.271 e. The number of para-hydroxylation sites is 1. The third-order valence-electron chi connectivity index (χ3n) is 5.39. The first-order valence-electron chi connectivity index (χ1n) is 11.1. The topological polar surface area (TPSA) is 85.6 Å². The van der Waals surface area contributed by atoms with Gasteiger partial charge < -0.3 is 5.32 Å². The van der Waals surface area contributed by atoms with Crippen LogP contribution in [0.1, 0.15) is 26.6 Å². The van der Waals surface area contributed by atoms with E-state index >= 15 is 0 Å². The number of aromatic nitrogens is 5. The van der Waals surface area contributed by atoms with Gasteiger partial charge in [0.1, 0.15) is 10.7 Å². The van der Waals surface area contributed by atoms with E-state index in [1.54, 1.807) is 17.8 Å². The van der Waals surface area contributed by atoms with Crippen molar-refractivity contribution >= 4 is 40.6 Å². The van der Waals surface area contributed by atoms with Gasteiger partial charge in [-0.2, -0.15) is 0 Å². The summed E-state index contributed by atoms with van der Waals surface area (Å²) in [4.78, 5) is 21.1. The molecule has 0 bridgehead atoms. The fraction of sp³-hybridized carbons (Fsp3) is 0.115. The Morgan fingerprint density at radius 2 is 1.92 bits per heavy atom. The van der Waals surface area contributed by atoms with Crippen LogP contribution in [0.2, 0.25) is 5.02 Å². The minimum Gasteiger partial charge on any atom is -0.347 e. The minimum absolute atomic E-state index is 0.213. The lowest BCUT2D eigenvalue weighted by Gasteiger charge is -2.13. The third-order valence-corrected chi connectivity index (χ3v) is 7.69. The molecule has 0 saturated carbocycles. The summed E-state index contributed by atoms with van der Waals surface area (Å²) in [5.74, 6) is 1.01. The molecule has 3 heterocycles. The van der Waals surface area contributed by atoms with Crippen LogP contribution in [0.5, 0.6) is 0 Å². The molecule has 0 radical (unpaired) electrons. The summed E-state index contributed by atoms with van der Waals surface area (Å²) in [6.07, 6.45) is 3.43. The normalized spacial score (nSPS) is 10.9. The number of nitrogens with zero attached hydrogens (tertiary/aromatic N) is 5. The number of pyridine rings is 1. The second-order valence-electron chi connectivity index (χ2n) is 7.87. The van der Waals surface area contributed by atoms with Crippen molar-refractivity contribution in [2.75, 3.05) is 0 Å². The van der Waals surface area contributed by atoms with E-state index in [2.05, 4.69) is 38.5 Å². The molecule has 0 aliphatic heterocycles. The van der Waals surface area contributed by atoms with Crippen LogP contribution < -0.4 is 5.32 Å². The van der Waals surface area contributed by atoms with Gasteiger partial charge in [0.05, 0.1) is 16.5 Å². The van der Waals surface area contributed by atoms with Gasteiger partial charge in [-0.15, -0.1) is 21.5 Å². The first-order chi connectivity index (χ1) is 17.6. The predicted molar refractivity (Wildman–Crippen MR) is 144 cm³/mol. The van der Waals surface area contributed by atoms with Gasteiger partial charge in [-0.3, -0.25) is 14.3 Å². The van der Waals surface area contributed by atoms with E-state index in [0.29, 0.717) is 28.8 Å². The summed E-state index contributed by atoms with van der Waals surface area (Å²) in [7, 11) is 0. The van der Waals surface area contributed by atoms with E-state index in [4.69, 9.17) is 11.6 Å². The molecule has 10 heteroatoms. The van der Waals surface area contributed by atoms with Crippen molar-refractivity contribution in [3.8, 4) is 17.1 Å². The first kappa shape index (κ1) is 24.2. The lowest BCUT2D eigenvalue weighted by molar-refractivity contribution is 0.0946. The molecule has 0 aliphatic rings. The smallest absolute Gasteiger partial charge is 0.271 e. The highest BCUT2D eigenvalue weighted by molar-refractivity contribution is 7.98. The van der Waals surface area contributed by atoms with E-state index in [0.717, 1.165) is 32.5 Å². The van der Waals surface area contributed by atoms with Gasteiger partial charge in [0.25, 0.3) is 5.91 Å². The molecule has 5 rings (SSSR count). The zero-order valence-corrected chi connectivity index (χ0v) is 21.6. The van der Waals surface area contributed by atoms with Crippen LogP contribution in [-0.4, -0.2) is 30.6 Å². The standard InChI is InChI=1S/C26H21ClN6OS2/c1-17-7-2-5-11-22(17)33-24(19-9-3-4-10-20(19)27)31-32-26(33)36-16-23-30-21(15-35-23)25(34)29-14-18-8-6-12-28-13-18/h2-13,15H,14,16H2,1H3,(H,29,34). The molecular weight excluding hydrogens is 512 g/mol. The Bertz CT molecular complexity index is 1500. The van der Waals surface area contributed by atoms with Crippen molar-refractivity contribution in [2.24, 2.45) is 0 Å². The number of aryl methyl sites for hydroxylation is 1. The molecule has 0 aliphatic carbocycles. The van der Waals surface area contributed by atoms with Gasteiger partial charge in [0.15, 0.2) is 11.0 Å². The zero-order valence-electron chi connectivity index (χ0n) is 19.3. The molecule has 5 aromatic rings. The molecular formula is C26H21ClN6OS2. The third kappa shape index (κ3) is 5.33. The monoisotopic (exact) mass is 532 g/mol. The van der Waals surface area contributed by atoms with Crippen LogP contribution in [0.15, 0.2) is 83.6 Å². The average Bonchev–Trinajstić information content (AvgIpc) is 3.55. The molecule has 3 aromatic heterocycles. The lowest BCUT2D eigenvalue weighted by atomic mass is 10.1. The number of halogens is 1. The van der Waals surface area contributed by atoms with Crippen LogP contribution in [0.25, 0.3) is 17.1 Å². The zero-order chi connectivity index (χ0) is 24.9. The molecule has 1 amide bonds. The maximum absolute atomic E-state index is 12.5. The van der Waals surface area contributed by atoms with Crippen molar-refractivity contribution in [1.82, 2.24) is 30.0 Å². The van der Waals surface area contributed by atoms with Crippen molar-refractivity contribution < 1.29 is 4.79 Å². The fourth-order valence-corrected chi connectivity index (χ4v) is 5.55. The Morgan fingerprint density at radius 3 is 2.72 bits per heavy atom. The van der Waals surface area contributed by atoms with E-state index in [1.165, 1.54) is 23.1 Å². The van der Waals surface area contributed by atoms with Crippen LogP contribution >= 0.6 is 34.7 Å². The number of rotatable bonds is 8. The summed E-state index contributed by atoms with van der Waals surface area (Å²) in [6, 6.07) is 19.4. The van der Waals surface area contributed by atoms with Crippen LogP contribution in [0.4, 0.5) is 0 Å². The molecule has 180 valence electrons. The molecule has 2 aromatic carbocycles. The highest BCUT2D eigenvalue weighted by atomic mass is 35.5. The fourth-order valence-electron chi connectivity index (χ4n) is 3.60. The van der Waals surface area contributed by atoms with Gasteiger partial charge in [0.2, 0.25) is 0 Å². The number of thiazole rings is 1. The largest absolute Gasteiger partial charge is 0.347 e. The number of carbonyl (C=O) groups is 1. The SMILES string of the molecule is Cc1ccccc1-n1c(SCc2nc(C(=O)NCc3cccnc3)cs2)nnc1-c1ccccc1Cl. The van der Waals surface area contributed by atoms with Crippen LogP contribution in [0.3, 0.4) is 0 Å². The molecule has 7 nitrogen and oxygen atoms in total. The number of hydrogen-bond acceptors (Lipinski definition) is 7. The van der Waals surface area contributed by atoms with Gasteiger partial charge >= 0.3 is 0 Å². The summed E-state index contributed by atoms with van der Waals surface area (Å²) >= 11 is 9.46. The molecule has 36 heavy (non-hydrogen) atoms. The average molecular weight is 533 g/mol. The van der Waals surface area contributed by atoms with Crippen LogP contribution in [0, 0.1) is 6.92 Å². The number of nitrogens with one attached hydrogen (secondary N) is 1. The summed E-state index contributed by atoms with van der Waals surface area (Å²) in [5, 5.41) is 15.8. The van der Waals surface area contributed by atoms with Crippen molar-refractivity contribution in [3.05, 3.63) is 105 Å². The molecule has 0 atom stereocenters. The number of thioether (sulfide) groups is 1. The summed E-state index contributed by atoms with van der Waals surface area (Å²) in [6.45, 7) is 2.45. The minimum atomic E-state index is -0.213. The van der Waals surface area contributed by atoms with E-state index in [-0.39, 0.29) is 5.91 Å². The second kappa shape index (κ2) is 11.0. The summed E-state index contributed by atoms with van der Waals surface area (Å²) in [5.41, 5.74) is 4.21. The Hall–Kier alpha value is -3.53. The molecule has 0 unspecified atom stereocenters. The lowest BCUT2D eigenvalue weighted by Crippen LogP contribution is -2.23. The number of amides is 1. The Balaban J connectivity index is 1.35. The summed E-state index contributed by atoms with van der Waals surface area (Å²) < 4.78 is 2.02. The van der Waals surface area contributed by atoms with Crippen molar-refractivity contribution in [1.29, 1.82) is 0 Å². The van der Waals surface area contributed by atoms with E-state index < -0.39 is 0 Å². The number of hydrogen-bond donors (Lipinski definition) is 1. The van der Waals surface area contributed by atoms with E-state index in [9.17, 15) is 4.79 Å². The van der Waals surface area contributed by atoms with Crippen molar-refractivity contribution in [3.63, 3.8) is 0 Å². The highest BCUT2D eigenvalue weighted by Crippen LogP contribution is 2.34. The Labute approximate surface area is 221 Å². The Morgan fingerprint density at radius 1 is 1.08 bits per heavy atom. The van der Waals surface area contributed by atoms with Crippen molar-refractivity contribution in [2.45, 2.75) is 24.4 Å². The van der Waals surface area contributed by atoms with Gasteiger partial charge in [0, 0.05) is 29.9 Å². The maximum atomic E-state index is 12.5. The highest BCUT2D eigenvalue weighted by Gasteiger charge is 2.20. The Kier molecular flexibility index (Phi) is 7.41.